The molecule has 0 spiro atoms. The molecule has 4 aromatic rings. The summed E-state index contributed by atoms with van der Waals surface area (Å²) in [5, 5.41) is 10.4. The van der Waals surface area contributed by atoms with Crippen LogP contribution in [0.3, 0.4) is 0 Å². The zero-order chi connectivity index (χ0) is 25.1. The van der Waals surface area contributed by atoms with E-state index in [4.69, 9.17) is 4.74 Å². The number of aryl methyl sites for hydroxylation is 1. The first-order valence-electron chi connectivity index (χ1n) is 12.4. The van der Waals surface area contributed by atoms with E-state index in [0.29, 0.717) is 12.2 Å². The quantitative estimate of drug-likeness (QED) is 0.396. The Morgan fingerprint density at radius 1 is 1.06 bits per heavy atom. The van der Waals surface area contributed by atoms with Crippen LogP contribution >= 0.6 is 0 Å². The molecule has 1 saturated heterocycles. The molecular weight excluding hydrogens is 456 g/mol. The minimum Gasteiger partial charge on any atom is -0.489 e. The van der Waals surface area contributed by atoms with Gasteiger partial charge in [0, 0.05) is 62.1 Å². The van der Waals surface area contributed by atoms with Gasteiger partial charge in [-0.15, -0.1) is 0 Å². The van der Waals surface area contributed by atoms with Crippen molar-refractivity contribution in [1.29, 1.82) is 0 Å². The second-order valence-electron chi connectivity index (χ2n) is 8.86. The average Bonchev–Trinajstić information content (AvgIpc) is 3.33. The molecule has 0 atom stereocenters. The van der Waals surface area contributed by atoms with Crippen molar-refractivity contribution in [3.63, 3.8) is 0 Å². The molecule has 5 rings (SSSR count). The molecule has 0 saturated carbocycles. The number of carbonyl (C=O) groups is 1. The van der Waals surface area contributed by atoms with Gasteiger partial charge in [0.15, 0.2) is 0 Å². The molecule has 3 aromatic heterocycles. The summed E-state index contributed by atoms with van der Waals surface area (Å²) in [6.45, 7) is 6.03. The van der Waals surface area contributed by atoms with Gasteiger partial charge in [0.05, 0.1) is 11.7 Å². The second kappa shape index (κ2) is 10.2. The Labute approximate surface area is 210 Å². The van der Waals surface area contributed by atoms with Crippen molar-refractivity contribution in [3.05, 3.63) is 66.7 Å². The Morgan fingerprint density at radius 2 is 1.83 bits per heavy atom. The fourth-order valence-corrected chi connectivity index (χ4v) is 4.57. The highest BCUT2D eigenvalue weighted by atomic mass is 16.5. The lowest BCUT2D eigenvalue weighted by Gasteiger charge is -2.32. The summed E-state index contributed by atoms with van der Waals surface area (Å²) >= 11 is 0. The predicted octanol–water partition coefficient (Wildman–Crippen LogP) is 4.93. The van der Waals surface area contributed by atoms with Crippen LogP contribution in [-0.4, -0.2) is 56.5 Å². The molecule has 36 heavy (non-hydrogen) atoms. The van der Waals surface area contributed by atoms with Gasteiger partial charge < -0.3 is 19.3 Å². The van der Waals surface area contributed by atoms with Crippen molar-refractivity contribution < 1.29 is 14.6 Å². The number of hydrogen-bond acceptors (Lipinski definition) is 6. The van der Waals surface area contributed by atoms with E-state index in [0.717, 1.165) is 66.3 Å². The van der Waals surface area contributed by atoms with Crippen LogP contribution in [-0.2, 0) is 6.42 Å². The van der Waals surface area contributed by atoms with E-state index < -0.39 is 6.09 Å². The maximum absolute atomic E-state index is 11.5. The molecule has 0 unspecified atom stereocenters. The van der Waals surface area contributed by atoms with Gasteiger partial charge >= 0.3 is 6.09 Å². The summed E-state index contributed by atoms with van der Waals surface area (Å²) in [7, 11) is 0. The van der Waals surface area contributed by atoms with E-state index in [1.54, 1.807) is 6.20 Å². The van der Waals surface area contributed by atoms with Gasteiger partial charge in [0.2, 0.25) is 5.95 Å². The van der Waals surface area contributed by atoms with Crippen LogP contribution in [0, 0.1) is 0 Å². The first-order chi connectivity index (χ1) is 17.6. The predicted molar refractivity (Wildman–Crippen MR) is 139 cm³/mol. The lowest BCUT2D eigenvalue weighted by molar-refractivity contribution is 0.170. The van der Waals surface area contributed by atoms with Gasteiger partial charge in [0.1, 0.15) is 17.7 Å². The van der Waals surface area contributed by atoms with Gasteiger partial charge in [-0.1, -0.05) is 6.92 Å². The maximum Gasteiger partial charge on any atom is 0.411 e. The van der Waals surface area contributed by atoms with E-state index >= 15 is 0 Å². The Kier molecular flexibility index (Phi) is 6.71. The molecule has 1 aliphatic heterocycles. The van der Waals surface area contributed by atoms with Crippen LogP contribution in [0.1, 0.15) is 32.3 Å². The van der Waals surface area contributed by atoms with Crippen LogP contribution in [0.5, 0.6) is 5.75 Å². The fraction of sp³-hybridized carbons (Fsp3) is 0.333. The van der Waals surface area contributed by atoms with E-state index in [1.165, 1.54) is 4.90 Å². The smallest absolute Gasteiger partial charge is 0.411 e. The number of ether oxygens (including phenoxy) is 1. The zero-order valence-corrected chi connectivity index (χ0v) is 20.5. The number of pyridine rings is 1. The standard InChI is InChI=1S/C27H30N6O3/c1-3-19-16-29-26(30-17-19)31-12-10-22(11-13-31)36-23-6-8-25(28-18-23)33-14-9-20-15-21(5-7-24(20)33)32(4-2)27(34)35/h5-9,14-18,22H,3-4,10-13H2,1-2H3,(H,34,35). The van der Waals surface area contributed by atoms with E-state index in [2.05, 4.69) is 26.8 Å². The number of carboxylic acid groups (broad SMARTS) is 1. The zero-order valence-electron chi connectivity index (χ0n) is 20.5. The normalized spacial score (nSPS) is 14.2. The van der Waals surface area contributed by atoms with E-state index in [-0.39, 0.29) is 6.10 Å². The van der Waals surface area contributed by atoms with Gasteiger partial charge in [-0.25, -0.2) is 19.7 Å². The molecule has 0 bridgehead atoms. The number of hydrogen-bond donors (Lipinski definition) is 1. The highest BCUT2D eigenvalue weighted by molar-refractivity contribution is 5.91. The number of piperidine rings is 1. The van der Waals surface area contributed by atoms with Crippen molar-refractivity contribution in [2.45, 2.75) is 39.2 Å². The highest BCUT2D eigenvalue weighted by Crippen LogP contribution is 2.26. The molecule has 9 heteroatoms. The first-order valence-corrected chi connectivity index (χ1v) is 12.4. The first kappa shape index (κ1) is 23.6. The lowest BCUT2D eigenvalue weighted by atomic mass is 10.1. The summed E-state index contributed by atoms with van der Waals surface area (Å²) in [6, 6.07) is 11.5. The van der Waals surface area contributed by atoms with E-state index in [1.807, 2.05) is 66.5 Å². The lowest BCUT2D eigenvalue weighted by Crippen LogP contribution is -2.39. The number of fused-ring (bicyclic) bond motifs is 1. The van der Waals surface area contributed by atoms with Crippen LogP contribution < -0.4 is 14.5 Å². The summed E-state index contributed by atoms with van der Waals surface area (Å²) in [4.78, 5) is 28.6. The molecule has 1 aliphatic rings. The summed E-state index contributed by atoms with van der Waals surface area (Å²) in [5.41, 5.74) is 2.76. The number of rotatable bonds is 7. The van der Waals surface area contributed by atoms with Crippen molar-refractivity contribution in [1.82, 2.24) is 19.5 Å². The molecular formula is C27H30N6O3. The summed E-state index contributed by atoms with van der Waals surface area (Å²) in [6.07, 6.45) is 9.42. The summed E-state index contributed by atoms with van der Waals surface area (Å²) in [5.74, 6) is 2.31. The summed E-state index contributed by atoms with van der Waals surface area (Å²) < 4.78 is 8.20. The van der Waals surface area contributed by atoms with Gasteiger partial charge in [0.25, 0.3) is 0 Å². The fourth-order valence-electron chi connectivity index (χ4n) is 4.57. The van der Waals surface area contributed by atoms with Crippen LogP contribution in [0.2, 0.25) is 0 Å². The Hall–Kier alpha value is -4.14. The molecule has 1 aromatic carbocycles. The molecule has 186 valence electrons. The SMILES string of the molecule is CCc1cnc(N2CCC(Oc3ccc(-n4ccc5cc(N(CC)C(=O)O)ccc54)nc3)CC2)nc1. The minimum atomic E-state index is -0.960. The van der Waals surface area contributed by atoms with Crippen molar-refractivity contribution in [3.8, 4) is 11.6 Å². The highest BCUT2D eigenvalue weighted by Gasteiger charge is 2.22. The number of aromatic nitrogens is 4. The second-order valence-corrected chi connectivity index (χ2v) is 8.86. The Bertz CT molecular complexity index is 1330. The monoisotopic (exact) mass is 486 g/mol. The van der Waals surface area contributed by atoms with Crippen LogP contribution in [0.4, 0.5) is 16.4 Å². The molecule has 1 fully saturated rings. The molecule has 1 amide bonds. The maximum atomic E-state index is 11.5. The number of benzene rings is 1. The third-order valence-corrected chi connectivity index (χ3v) is 6.63. The molecule has 4 heterocycles. The third-order valence-electron chi connectivity index (χ3n) is 6.63. The number of anilines is 2. The van der Waals surface area contributed by atoms with Crippen molar-refractivity contribution in [2.75, 3.05) is 29.4 Å². The van der Waals surface area contributed by atoms with E-state index in [9.17, 15) is 9.90 Å². The van der Waals surface area contributed by atoms with Gasteiger partial charge in [-0.3, -0.25) is 4.90 Å². The van der Waals surface area contributed by atoms with Gasteiger partial charge in [-0.2, -0.15) is 0 Å². The number of amides is 1. The largest absolute Gasteiger partial charge is 0.489 e. The third kappa shape index (κ3) is 4.82. The van der Waals surface area contributed by atoms with Gasteiger partial charge in [-0.05, 0) is 55.3 Å². The average molecular weight is 487 g/mol. The molecule has 9 nitrogen and oxygen atoms in total. The Balaban J connectivity index is 1.22. The van der Waals surface area contributed by atoms with Crippen molar-refractivity contribution in [2.24, 2.45) is 0 Å². The Morgan fingerprint density at radius 3 is 2.47 bits per heavy atom. The molecule has 1 N–H and O–H groups in total. The molecule has 0 radical (unpaired) electrons. The van der Waals surface area contributed by atoms with Crippen molar-refractivity contribution >= 4 is 28.6 Å². The topological polar surface area (TPSA) is 96.6 Å². The van der Waals surface area contributed by atoms with Crippen LogP contribution in [0.25, 0.3) is 16.7 Å². The van der Waals surface area contributed by atoms with Crippen LogP contribution in [0.15, 0.2) is 61.2 Å². The molecule has 0 aliphatic carbocycles. The minimum absolute atomic E-state index is 0.130. The number of nitrogens with zero attached hydrogens (tertiary/aromatic N) is 6.